The third kappa shape index (κ3) is 12.9. The summed E-state index contributed by atoms with van der Waals surface area (Å²) in [5.41, 5.74) is 6.39. The molecule has 1 aliphatic carbocycles. The van der Waals surface area contributed by atoms with Gasteiger partial charge in [-0.2, -0.15) is 5.26 Å². The Morgan fingerprint density at radius 3 is 1.38 bits per heavy atom. The number of unbranched alkanes of at least 4 members (excludes halogenated alkanes) is 14. The molecule has 0 aromatic carbocycles. The zero-order valence-electron chi connectivity index (χ0n) is 19.7. The van der Waals surface area contributed by atoms with Crippen LogP contribution in [-0.4, -0.2) is 6.04 Å². The van der Waals surface area contributed by atoms with Gasteiger partial charge in [0.15, 0.2) is 0 Å². The summed E-state index contributed by atoms with van der Waals surface area (Å²) in [5, 5.41) is 10.1. The zero-order valence-corrected chi connectivity index (χ0v) is 20.5. The van der Waals surface area contributed by atoms with Gasteiger partial charge in [-0.15, -0.1) is 12.4 Å². The molecule has 1 aliphatic rings. The summed E-state index contributed by atoms with van der Waals surface area (Å²) in [6.07, 6.45) is 25.9. The predicted molar refractivity (Wildman–Crippen MR) is 130 cm³/mol. The van der Waals surface area contributed by atoms with Crippen LogP contribution in [0.5, 0.6) is 0 Å². The smallest absolute Gasteiger partial charge is 0.0727 e. The molecule has 0 heterocycles. The molecule has 0 aromatic rings. The van der Waals surface area contributed by atoms with Gasteiger partial charge in [-0.05, 0) is 31.6 Å². The van der Waals surface area contributed by atoms with Gasteiger partial charge in [-0.1, -0.05) is 117 Å². The molecule has 1 saturated carbocycles. The van der Waals surface area contributed by atoms with Crippen molar-refractivity contribution in [3.8, 4) is 6.07 Å². The molecule has 0 bridgehead atoms. The van der Waals surface area contributed by atoms with Crippen molar-refractivity contribution < 1.29 is 0 Å². The normalized spacial score (nSPS) is 15.0. The molecule has 0 saturated heterocycles. The minimum absolute atomic E-state index is 0. The van der Waals surface area contributed by atoms with E-state index in [4.69, 9.17) is 5.73 Å². The van der Waals surface area contributed by atoms with Crippen LogP contribution in [-0.2, 0) is 0 Å². The van der Waals surface area contributed by atoms with E-state index < -0.39 is 0 Å². The van der Waals surface area contributed by atoms with Crippen molar-refractivity contribution in [3.05, 3.63) is 0 Å². The third-order valence-corrected chi connectivity index (χ3v) is 6.94. The Balaban J connectivity index is 0.00000784. The first-order valence-electron chi connectivity index (χ1n) is 12.9. The SMILES string of the molecule is CCCCCCCCCCC(C#N)(CCCCCCCCCC)C(N)C1CC1.Cl. The summed E-state index contributed by atoms with van der Waals surface area (Å²) in [6, 6.07) is 2.87. The van der Waals surface area contributed by atoms with Crippen LogP contribution >= 0.6 is 12.4 Å². The number of rotatable bonds is 20. The molecule has 0 aromatic heterocycles. The van der Waals surface area contributed by atoms with E-state index in [1.807, 2.05) is 0 Å². The first kappa shape index (κ1) is 28.7. The predicted octanol–water partition coefficient (Wildman–Crippen LogP) is 8.72. The Hall–Kier alpha value is -0.260. The lowest BCUT2D eigenvalue weighted by atomic mass is 9.72. The van der Waals surface area contributed by atoms with Gasteiger partial charge in [-0.3, -0.25) is 0 Å². The molecular weight excluding hydrogens is 376 g/mol. The minimum Gasteiger partial charge on any atom is -0.326 e. The van der Waals surface area contributed by atoms with E-state index in [9.17, 15) is 5.26 Å². The van der Waals surface area contributed by atoms with Gasteiger partial charge in [0.05, 0.1) is 11.5 Å². The van der Waals surface area contributed by atoms with Crippen LogP contribution in [0.4, 0.5) is 0 Å². The molecule has 172 valence electrons. The molecule has 0 amide bonds. The fourth-order valence-corrected chi connectivity index (χ4v) is 4.70. The minimum atomic E-state index is -0.244. The first-order valence-corrected chi connectivity index (χ1v) is 12.9. The molecule has 29 heavy (non-hydrogen) atoms. The van der Waals surface area contributed by atoms with Crippen LogP contribution < -0.4 is 5.73 Å². The standard InChI is InChI=1S/C26H50N2.ClH/c1-3-5-7-9-11-13-15-17-21-26(23-27,25(28)24-19-20-24)22-18-16-14-12-10-8-6-4-2;/h24-25H,3-22,28H2,1-2H3;1H. The Morgan fingerprint density at radius 1 is 0.724 bits per heavy atom. The number of nitrogens with zero attached hydrogens (tertiary/aromatic N) is 1. The molecule has 2 nitrogen and oxygen atoms in total. The Bertz CT molecular complexity index is 380. The van der Waals surface area contributed by atoms with E-state index in [0.29, 0.717) is 5.92 Å². The van der Waals surface area contributed by atoms with E-state index in [-0.39, 0.29) is 23.9 Å². The highest BCUT2D eigenvalue weighted by atomic mass is 35.5. The number of nitriles is 1. The summed E-state index contributed by atoms with van der Waals surface area (Å²) >= 11 is 0. The van der Waals surface area contributed by atoms with Crippen molar-refractivity contribution in [2.45, 2.75) is 148 Å². The Labute approximate surface area is 189 Å². The van der Waals surface area contributed by atoms with Gasteiger partial charge in [0.1, 0.15) is 0 Å². The molecule has 0 spiro atoms. The maximum absolute atomic E-state index is 10.1. The van der Waals surface area contributed by atoms with Crippen LogP contribution in [0, 0.1) is 22.7 Å². The molecule has 3 heteroatoms. The van der Waals surface area contributed by atoms with E-state index in [1.165, 1.54) is 116 Å². The molecular formula is C26H51ClN2. The van der Waals surface area contributed by atoms with E-state index in [0.717, 1.165) is 12.8 Å². The summed E-state index contributed by atoms with van der Waals surface area (Å²) in [6.45, 7) is 4.55. The first-order chi connectivity index (χ1) is 13.7. The quantitative estimate of drug-likeness (QED) is 0.198. The highest BCUT2D eigenvalue weighted by Gasteiger charge is 2.44. The zero-order chi connectivity index (χ0) is 20.5. The third-order valence-electron chi connectivity index (χ3n) is 6.94. The molecule has 1 rings (SSSR count). The van der Waals surface area contributed by atoms with E-state index in [2.05, 4.69) is 19.9 Å². The van der Waals surface area contributed by atoms with E-state index in [1.54, 1.807) is 0 Å². The fraction of sp³-hybridized carbons (Fsp3) is 0.962. The maximum atomic E-state index is 10.1. The Morgan fingerprint density at radius 2 is 1.07 bits per heavy atom. The summed E-state index contributed by atoms with van der Waals surface area (Å²) in [7, 11) is 0. The van der Waals surface area contributed by atoms with Crippen molar-refractivity contribution >= 4 is 12.4 Å². The van der Waals surface area contributed by atoms with Gasteiger partial charge >= 0.3 is 0 Å². The van der Waals surface area contributed by atoms with Gasteiger partial charge in [0.25, 0.3) is 0 Å². The van der Waals surface area contributed by atoms with Crippen molar-refractivity contribution in [1.29, 1.82) is 5.26 Å². The van der Waals surface area contributed by atoms with Crippen molar-refractivity contribution in [2.75, 3.05) is 0 Å². The van der Waals surface area contributed by atoms with Crippen molar-refractivity contribution in [3.63, 3.8) is 0 Å². The second-order valence-electron chi connectivity index (χ2n) is 9.58. The summed E-state index contributed by atoms with van der Waals surface area (Å²) in [4.78, 5) is 0. The number of nitrogens with two attached hydrogens (primary N) is 1. The van der Waals surface area contributed by atoms with Gasteiger partial charge in [-0.25, -0.2) is 0 Å². The molecule has 1 atom stereocenters. The molecule has 2 N–H and O–H groups in total. The second kappa shape index (κ2) is 18.5. The molecule has 1 unspecified atom stereocenters. The topological polar surface area (TPSA) is 49.8 Å². The summed E-state index contributed by atoms with van der Waals surface area (Å²) in [5.74, 6) is 0.628. The highest BCUT2D eigenvalue weighted by Crippen LogP contribution is 2.44. The van der Waals surface area contributed by atoms with E-state index >= 15 is 0 Å². The fourth-order valence-electron chi connectivity index (χ4n) is 4.70. The highest BCUT2D eigenvalue weighted by molar-refractivity contribution is 5.85. The number of hydrogen-bond acceptors (Lipinski definition) is 2. The molecule has 0 radical (unpaired) electrons. The average molecular weight is 427 g/mol. The summed E-state index contributed by atoms with van der Waals surface area (Å²) < 4.78 is 0. The maximum Gasteiger partial charge on any atom is 0.0727 e. The van der Waals surface area contributed by atoms with Crippen LogP contribution in [0.2, 0.25) is 0 Å². The van der Waals surface area contributed by atoms with Crippen LogP contribution in [0.25, 0.3) is 0 Å². The Kier molecular flexibility index (Phi) is 18.3. The van der Waals surface area contributed by atoms with Crippen LogP contribution in [0.1, 0.15) is 142 Å². The second-order valence-corrected chi connectivity index (χ2v) is 9.58. The average Bonchev–Trinajstić information content (AvgIpc) is 3.55. The molecule has 0 aliphatic heterocycles. The lowest BCUT2D eigenvalue weighted by Crippen LogP contribution is -2.42. The largest absolute Gasteiger partial charge is 0.326 e. The van der Waals surface area contributed by atoms with Crippen molar-refractivity contribution in [2.24, 2.45) is 17.1 Å². The van der Waals surface area contributed by atoms with Crippen LogP contribution in [0.3, 0.4) is 0 Å². The number of halogens is 1. The van der Waals surface area contributed by atoms with Gasteiger partial charge < -0.3 is 5.73 Å². The monoisotopic (exact) mass is 426 g/mol. The van der Waals surface area contributed by atoms with Crippen LogP contribution in [0.15, 0.2) is 0 Å². The van der Waals surface area contributed by atoms with Gasteiger partial charge in [0, 0.05) is 6.04 Å². The van der Waals surface area contributed by atoms with Gasteiger partial charge in [0.2, 0.25) is 0 Å². The van der Waals surface area contributed by atoms with Crippen molar-refractivity contribution in [1.82, 2.24) is 0 Å². The lowest BCUT2D eigenvalue weighted by Gasteiger charge is -2.33. The molecule has 1 fully saturated rings. The lowest BCUT2D eigenvalue weighted by molar-refractivity contribution is 0.230. The number of hydrogen-bond donors (Lipinski definition) is 1.